The summed E-state index contributed by atoms with van der Waals surface area (Å²) >= 11 is 5.81. The van der Waals surface area contributed by atoms with Crippen LogP contribution in [-0.2, 0) is 7.05 Å². The molecule has 0 aliphatic heterocycles. The van der Waals surface area contributed by atoms with Crippen molar-refractivity contribution in [2.24, 2.45) is 12.5 Å². The minimum absolute atomic E-state index is 0.307. The van der Waals surface area contributed by atoms with Crippen molar-refractivity contribution in [3.05, 3.63) is 20.7 Å². The van der Waals surface area contributed by atoms with Crippen LogP contribution in [0, 0.1) is 5.41 Å². The third kappa shape index (κ3) is 2.35. The second-order valence-electron chi connectivity index (χ2n) is 4.15. The van der Waals surface area contributed by atoms with Crippen molar-refractivity contribution < 1.29 is 0 Å². The van der Waals surface area contributed by atoms with E-state index in [0.29, 0.717) is 10.6 Å². The van der Waals surface area contributed by atoms with Crippen LogP contribution < -0.4 is 11.1 Å². The molecule has 1 aliphatic carbocycles. The Morgan fingerprint density at radius 2 is 2.25 bits per heavy atom. The maximum absolute atomic E-state index is 11.1. The van der Waals surface area contributed by atoms with Gasteiger partial charge in [0, 0.05) is 12.8 Å². The number of thioether (sulfide) groups is 1. The number of hydrogen-bond donors (Lipinski definition) is 2. The number of nitrogens with one attached hydrogen (secondary N) is 1. The van der Waals surface area contributed by atoms with Gasteiger partial charge in [-0.2, -0.15) is 17.6 Å². The fraction of sp³-hybridized carbons (Fsp3) is 0.667. The fourth-order valence-corrected chi connectivity index (χ4v) is 3.12. The molecule has 7 heteroatoms. The van der Waals surface area contributed by atoms with Gasteiger partial charge in [0.2, 0.25) is 0 Å². The third-order valence-corrected chi connectivity index (χ3v) is 4.80. The maximum Gasteiger partial charge on any atom is 0.339 e. The van der Waals surface area contributed by atoms with Crippen LogP contribution >= 0.6 is 24.4 Å². The van der Waals surface area contributed by atoms with Crippen molar-refractivity contribution in [1.29, 1.82) is 0 Å². The molecule has 0 aromatic carbocycles. The molecule has 0 atom stereocenters. The van der Waals surface area contributed by atoms with Crippen molar-refractivity contribution >= 4 is 24.4 Å². The number of rotatable bonds is 4. The Labute approximate surface area is 102 Å². The highest BCUT2D eigenvalue weighted by molar-refractivity contribution is 7.99. The maximum atomic E-state index is 11.1. The molecule has 1 heterocycles. The van der Waals surface area contributed by atoms with E-state index in [9.17, 15) is 9.59 Å². The summed E-state index contributed by atoms with van der Waals surface area (Å²) in [5, 5.41) is 2.98. The molecule has 1 N–H and O–H groups in total. The van der Waals surface area contributed by atoms with Gasteiger partial charge in [0.05, 0.1) is 0 Å². The Kier molecular flexibility index (Phi) is 3.16. The quantitative estimate of drug-likeness (QED) is 0.463. The number of H-pyrrole nitrogens is 1. The molecule has 1 fully saturated rings. The number of aryl methyl sites for hydroxylation is 1. The highest BCUT2D eigenvalue weighted by atomic mass is 32.2. The standard InChI is InChI=1S/C9H13N3O2S2/c1-12-8(10-6(13)7(14)11-12)16-5-9(4-15)2-3-9/h15H,2-5H2,1H3,(H,11,14). The molecule has 88 valence electrons. The lowest BCUT2D eigenvalue weighted by atomic mass is 10.2. The molecule has 0 spiro atoms. The average Bonchev–Trinajstić information content (AvgIpc) is 3.02. The van der Waals surface area contributed by atoms with E-state index in [1.807, 2.05) is 0 Å². The Bertz CT molecular complexity index is 504. The zero-order valence-electron chi connectivity index (χ0n) is 8.89. The van der Waals surface area contributed by atoms with Gasteiger partial charge in [-0.05, 0) is 24.0 Å². The smallest absolute Gasteiger partial charge is 0.265 e. The molecule has 0 amide bonds. The Hall–Kier alpha value is -0.690. The lowest BCUT2D eigenvalue weighted by Crippen LogP contribution is -2.34. The van der Waals surface area contributed by atoms with E-state index in [2.05, 4.69) is 22.7 Å². The van der Waals surface area contributed by atoms with E-state index >= 15 is 0 Å². The topological polar surface area (TPSA) is 67.8 Å². The molecule has 1 aromatic heterocycles. The number of aromatic nitrogens is 3. The summed E-state index contributed by atoms with van der Waals surface area (Å²) in [5.41, 5.74) is -1.10. The largest absolute Gasteiger partial charge is 0.339 e. The summed E-state index contributed by atoms with van der Waals surface area (Å²) < 4.78 is 1.49. The lowest BCUT2D eigenvalue weighted by molar-refractivity contribution is 0.592. The summed E-state index contributed by atoms with van der Waals surface area (Å²) in [7, 11) is 1.68. The van der Waals surface area contributed by atoms with Crippen LogP contribution in [0.25, 0.3) is 0 Å². The van der Waals surface area contributed by atoms with Gasteiger partial charge in [-0.1, -0.05) is 11.8 Å². The minimum atomic E-state index is -0.726. The first kappa shape index (κ1) is 11.8. The molecule has 0 saturated heterocycles. The highest BCUT2D eigenvalue weighted by Gasteiger charge is 2.41. The van der Waals surface area contributed by atoms with Crippen LogP contribution in [0.2, 0.25) is 0 Å². The first-order chi connectivity index (χ1) is 7.56. The summed E-state index contributed by atoms with van der Waals surface area (Å²) in [6.07, 6.45) is 2.36. The summed E-state index contributed by atoms with van der Waals surface area (Å²) in [6, 6.07) is 0. The van der Waals surface area contributed by atoms with Gasteiger partial charge in [-0.15, -0.1) is 0 Å². The lowest BCUT2D eigenvalue weighted by Gasteiger charge is -2.11. The average molecular weight is 259 g/mol. The van der Waals surface area contributed by atoms with Crippen molar-refractivity contribution in [2.45, 2.75) is 18.0 Å². The molecule has 0 unspecified atom stereocenters. The molecule has 5 nitrogen and oxygen atoms in total. The van der Waals surface area contributed by atoms with Crippen molar-refractivity contribution in [3.63, 3.8) is 0 Å². The molecule has 1 aliphatic rings. The molecular weight excluding hydrogens is 246 g/mol. The summed E-state index contributed by atoms with van der Waals surface area (Å²) in [4.78, 5) is 25.8. The van der Waals surface area contributed by atoms with Crippen molar-refractivity contribution in [1.82, 2.24) is 14.8 Å². The predicted octanol–water partition coefficient (Wildman–Crippen LogP) is 0.271. The summed E-state index contributed by atoms with van der Waals surface area (Å²) in [5.74, 6) is 1.75. The molecule has 0 radical (unpaired) electrons. The molecular formula is C9H13N3O2S2. The van der Waals surface area contributed by atoms with E-state index in [-0.39, 0.29) is 0 Å². The normalized spacial score (nSPS) is 17.4. The number of hydrogen-bond acceptors (Lipinski definition) is 5. The fourth-order valence-electron chi connectivity index (χ4n) is 1.33. The Morgan fingerprint density at radius 1 is 1.56 bits per heavy atom. The van der Waals surface area contributed by atoms with E-state index in [1.165, 1.54) is 29.3 Å². The van der Waals surface area contributed by atoms with Gasteiger partial charge < -0.3 is 0 Å². The van der Waals surface area contributed by atoms with Crippen LogP contribution in [0.15, 0.2) is 14.7 Å². The van der Waals surface area contributed by atoms with E-state index in [1.54, 1.807) is 7.05 Å². The van der Waals surface area contributed by atoms with Gasteiger partial charge in [-0.3, -0.25) is 19.4 Å². The number of aromatic amines is 1. The van der Waals surface area contributed by atoms with Crippen LogP contribution in [-0.4, -0.2) is 26.3 Å². The molecule has 1 aromatic rings. The monoisotopic (exact) mass is 259 g/mol. The number of nitrogens with zero attached hydrogens (tertiary/aromatic N) is 2. The van der Waals surface area contributed by atoms with Gasteiger partial charge in [0.1, 0.15) is 0 Å². The van der Waals surface area contributed by atoms with Crippen molar-refractivity contribution in [2.75, 3.05) is 11.5 Å². The van der Waals surface area contributed by atoms with Crippen molar-refractivity contribution in [3.8, 4) is 0 Å². The van der Waals surface area contributed by atoms with E-state index in [0.717, 1.165) is 11.5 Å². The molecule has 1 saturated carbocycles. The molecule has 0 bridgehead atoms. The zero-order chi connectivity index (χ0) is 11.8. The van der Waals surface area contributed by atoms with Crippen LogP contribution in [0.1, 0.15) is 12.8 Å². The van der Waals surface area contributed by atoms with Crippen LogP contribution in [0.4, 0.5) is 0 Å². The molecule has 2 rings (SSSR count). The van der Waals surface area contributed by atoms with Gasteiger partial charge in [0.25, 0.3) is 0 Å². The highest BCUT2D eigenvalue weighted by Crippen LogP contribution is 2.49. The third-order valence-electron chi connectivity index (χ3n) is 2.75. The SMILES string of the molecule is Cn1[nH]c(=O)c(=O)nc1SCC1(CS)CC1. The van der Waals surface area contributed by atoms with Crippen LogP contribution in [0.5, 0.6) is 0 Å². The summed E-state index contributed by atoms with van der Waals surface area (Å²) in [6.45, 7) is 0. The second kappa shape index (κ2) is 4.29. The molecule has 16 heavy (non-hydrogen) atoms. The zero-order valence-corrected chi connectivity index (χ0v) is 10.6. The Balaban J connectivity index is 2.13. The first-order valence-corrected chi connectivity index (χ1v) is 6.59. The van der Waals surface area contributed by atoms with Gasteiger partial charge in [-0.25, -0.2) is 0 Å². The number of thiol groups is 1. The first-order valence-electron chi connectivity index (χ1n) is 4.97. The van der Waals surface area contributed by atoms with Gasteiger partial charge in [0.15, 0.2) is 5.16 Å². The minimum Gasteiger partial charge on any atom is -0.265 e. The van der Waals surface area contributed by atoms with E-state index in [4.69, 9.17) is 0 Å². The predicted molar refractivity (Wildman–Crippen MR) is 66.3 cm³/mol. The van der Waals surface area contributed by atoms with E-state index < -0.39 is 11.1 Å². The second-order valence-corrected chi connectivity index (χ2v) is 5.40. The Morgan fingerprint density at radius 3 is 2.81 bits per heavy atom. The van der Waals surface area contributed by atoms with Gasteiger partial charge >= 0.3 is 11.1 Å². The van der Waals surface area contributed by atoms with Crippen LogP contribution in [0.3, 0.4) is 0 Å².